The van der Waals surface area contributed by atoms with E-state index in [9.17, 15) is 18.7 Å². The van der Waals surface area contributed by atoms with Crippen LogP contribution in [-0.4, -0.2) is 56.2 Å². The van der Waals surface area contributed by atoms with Crippen molar-refractivity contribution in [3.05, 3.63) is 65.9 Å². The van der Waals surface area contributed by atoms with Crippen LogP contribution in [0, 0.1) is 6.92 Å². The first-order valence-electron chi connectivity index (χ1n) is 10.9. The van der Waals surface area contributed by atoms with Crippen LogP contribution < -0.4 is 10.0 Å². The molecule has 2 aromatic carbocycles. The molecule has 0 unspecified atom stereocenters. The zero-order valence-corrected chi connectivity index (χ0v) is 20.0. The molecule has 1 aromatic heterocycles. The minimum absolute atomic E-state index is 0.0179. The van der Waals surface area contributed by atoms with Gasteiger partial charge < -0.3 is 15.0 Å². The second kappa shape index (κ2) is 9.49. The number of alkyl carbamates (subject to hydrolysis) is 1. The number of ether oxygens (including phenoxy) is 1. The maximum absolute atomic E-state index is 12.8. The van der Waals surface area contributed by atoms with E-state index >= 15 is 0 Å². The number of benzene rings is 2. The molecule has 0 spiro atoms. The zero-order valence-electron chi connectivity index (χ0n) is 19.2. The molecule has 0 saturated carbocycles. The third-order valence-electron chi connectivity index (χ3n) is 5.44. The topological polar surface area (TPSA) is 124 Å². The van der Waals surface area contributed by atoms with Gasteiger partial charge in [0.2, 0.25) is 0 Å². The number of carbonyl (C=O) groups is 2. The lowest BCUT2D eigenvalue weighted by Gasteiger charge is -2.38. The summed E-state index contributed by atoms with van der Waals surface area (Å²) in [5.41, 5.74) is 2.17. The Morgan fingerprint density at radius 2 is 1.88 bits per heavy atom. The Balaban J connectivity index is 1.42. The van der Waals surface area contributed by atoms with Crippen LogP contribution in [-0.2, 0) is 4.74 Å². The van der Waals surface area contributed by atoms with E-state index in [1.54, 1.807) is 54.4 Å². The lowest BCUT2D eigenvalue weighted by Crippen LogP contribution is -2.56. The smallest absolute Gasteiger partial charge is 0.407 e. The summed E-state index contributed by atoms with van der Waals surface area (Å²) in [6.07, 6.45) is 0.792. The standard InChI is InChI=1S/C24H28N4O5S/c1-15(2)26-24(30)33-19-13-28(14-19)23(29)18-9-10-20(16(3)12-18)27-34(31,32)21-8-4-6-17-7-5-11-25-22(17)21/h4-12,15,19,27,31-32H,13-14H2,1-3H3,(H,26,30). The van der Waals surface area contributed by atoms with Gasteiger partial charge in [-0.05, 0) is 56.7 Å². The van der Waals surface area contributed by atoms with Crippen molar-refractivity contribution in [3.8, 4) is 0 Å². The number of aryl methyl sites for hydroxylation is 1. The average molecular weight is 485 g/mol. The average Bonchev–Trinajstić information content (AvgIpc) is 2.76. The first-order chi connectivity index (χ1) is 16.1. The van der Waals surface area contributed by atoms with Gasteiger partial charge in [-0.25, -0.2) is 4.79 Å². The molecule has 4 N–H and O–H groups in total. The second-order valence-electron chi connectivity index (χ2n) is 8.55. The highest BCUT2D eigenvalue weighted by Gasteiger charge is 2.34. The van der Waals surface area contributed by atoms with Gasteiger partial charge in [-0.2, -0.15) is 0 Å². The van der Waals surface area contributed by atoms with Crippen molar-refractivity contribution in [1.29, 1.82) is 0 Å². The molecule has 0 radical (unpaired) electrons. The first-order valence-corrected chi connectivity index (χ1v) is 12.5. The lowest BCUT2D eigenvalue weighted by atomic mass is 10.1. The van der Waals surface area contributed by atoms with Crippen molar-refractivity contribution in [2.75, 3.05) is 17.8 Å². The summed E-state index contributed by atoms with van der Waals surface area (Å²) in [5, 5.41) is 3.46. The highest BCUT2D eigenvalue weighted by molar-refractivity contribution is 8.25. The number of hydrogen-bond acceptors (Lipinski definition) is 7. The molecule has 9 nitrogen and oxygen atoms in total. The van der Waals surface area contributed by atoms with Crippen molar-refractivity contribution in [2.45, 2.75) is 37.8 Å². The number of fused-ring (bicyclic) bond motifs is 1. The first kappa shape index (κ1) is 23.8. The van der Waals surface area contributed by atoms with Crippen LogP contribution in [0.4, 0.5) is 10.5 Å². The minimum Gasteiger partial charge on any atom is -0.442 e. The van der Waals surface area contributed by atoms with Crippen LogP contribution >= 0.6 is 10.8 Å². The lowest BCUT2D eigenvalue weighted by molar-refractivity contribution is -0.00700. The predicted octanol–water partition coefficient (Wildman–Crippen LogP) is 4.64. The monoisotopic (exact) mass is 484 g/mol. The maximum atomic E-state index is 12.8. The van der Waals surface area contributed by atoms with E-state index in [1.165, 1.54) is 0 Å². The highest BCUT2D eigenvalue weighted by atomic mass is 32.3. The molecule has 10 heteroatoms. The fourth-order valence-corrected chi connectivity index (χ4v) is 5.06. The molecule has 1 aliphatic heterocycles. The van der Waals surface area contributed by atoms with E-state index in [2.05, 4.69) is 15.0 Å². The van der Waals surface area contributed by atoms with E-state index in [4.69, 9.17) is 4.74 Å². The quantitative estimate of drug-likeness (QED) is 0.402. The molecule has 3 aromatic rings. The predicted molar refractivity (Wildman–Crippen MR) is 132 cm³/mol. The van der Waals surface area contributed by atoms with Crippen molar-refractivity contribution in [2.24, 2.45) is 0 Å². The van der Waals surface area contributed by atoms with Crippen molar-refractivity contribution >= 4 is 39.4 Å². The molecule has 1 saturated heterocycles. The van der Waals surface area contributed by atoms with Crippen LogP contribution in [0.15, 0.2) is 59.6 Å². The Kier molecular flexibility index (Phi) is 6.65. The Morgan fingerprint density at radius 1 is 1.15 bits per heavy atom. The van der Waals surface area contributed by atoms with E-state index in [1.807, 2.05) is 26.0 Å². The van der Waals surface area contributed by atoms with Crippen LogP contribution in [0.3, 0.4) is 0 Å². The number of nitrogens with zero attached hydrogens (tertiary/aromatic N) is 2. The molecule has 34 heavy (non-hydrogen) atoms. The van der Waals surface area contributed by atoms with Gasteiger partial charge in [0.15, 0.2) is 0 Å². The Hall–Kier alpha value is -3.34. The van der Waals surface area contributed by atoms with Gasteiger partial charge in [0.25, 0.3) is 5.91 Å². The summed E-state index contributed by atoms with van der Waals surface area (Å²) in [6, 6.07) is 13.8. The number of carbonyl (C=O) groups excluding carboxylic acids is 2. The van der Waals surface area contributed by atoms with Crippen molar-refractivity contribution in [3.63, 3.8) is 0 Å². The van der Waals surface area contributed by atoms with Gasteiger partial charge in [0.1, 0.15) is 11.0 Å². The second-order valence-corrected chi connectivity index (χ2v) is 10.3. The van der Waals surface area contributed by atoms with Crippen LogP contribution in [0.2, 0.25) is 0 Å². The zero-order chi connectivity index (χ0) is 24.5. The van der Waals surface area contributed by atoms with Crippen LogP contribution in [0.1, 0.15) is 29.8 Å². The largest absolute Gasteiger partial charge is 0.442 e. The Labute approximate surface area is 199 Å². The molecule has 4 rings (SSSR count). The van der Waals surface area contributed by atoms with Gasteiger partial charge in [-0.1, -0.05) is 29.0 Å². The number of pyridine rings is 1. The van der Waals surface area contributed by atoms with Crippen molar-refractivity contribution < 1.29 is 23.4 Å². The van der Waals surface area contributed by atoms with E-state index in [0.717, 1.165) is 5.39 Å². The number of para-hydroxylation sites is 1. The van der Waals surface area contributed by atoms with Gasteiger partial charge in [0.05, 0.1) is 24.3 Å². The summed E-state index contributed by atoms with van der Waals surface area (Å²) in [6.45, 7) is 6.14. The van der Waals surface area contributed by atoms with Gasteiger partial charge in [0, 0.05) is 23.2 Å². The van der Waals surface area contributed by atoms with E-state index in [0.29, 0.717) is 40.3 Å². The molecule has 1 aliphatic rings. The summed E-state index contributed by atoms with van der Waals surface area (Å²) in [7, 11) is -3.40. The highest BCUT2D eigenvalue weighted by Crippen LogP contribution is 2.50. The molecular weight excluding hydrogens is 456 g/mol. The normalized spacial score (nSPS) is 14.6. The van der Waals surface area contributed by atoms with Crippen molar-refractivity contribution in [1.82, 2.24) is 15.2 Å². The molecular formula is C24H28N4O5S. The number of aromatic nitrogens is 1. The number of hydrogen-bond donors (Lipinski definition) is 4. The number of amides is 2. The molecule has 1 fully saturated rings. The molecule has 0 atom stereocenters. The van der Waals surface area contributed by atoms with Gasteiger partial charge in [-0.3, -0.25) is 23.6 Å². The van der Waals surface area contributed by atoms with Crippen LogP contribution in [0.5, 0.6) is 0 Å². The van der Waals surface area contributed by atoms with Crippen LogP contribution in [0.25, 0.3) is 10.9 Å². The van der Waals surface area contributed by atoms with Gasteiger partial charge in [-0.15, -0.1) is 0 Å². The third-order valence-corrected chi connectivity index (χ3v) is 6.89. The number of likely N-dealkylation sites (tertiary alicyclic amines) is 1. The Morgan fingerprint density at radius 3 is 2.59 bits per heavy atom. The molecule has 2 heterocycles. The fraction of sp³-hybridized carbons (Fsp3) is 0.292. The molecule has 2 amide bonds. The summed E-state index contributed by atoms with van der Waals surface area (Å²) in [5.74, 6) is -0.177. The van der Waals surface area contributed by atoms with E-state index in [-0.39, 0.29) is 18.1 Å². The fourth-order valence-electron chi connectivity index (χ4n) is 3.71. The summed E-state index contributed by atoms with van der Waals surface area (Å²) < 4.78 is 29.9. The maximum Gasteiger partial charge on any atom is 0.407 e. The minimum atomic E-state index is -3.40. The molecule has 0 aliphatic carbocycles. The SMILES string of the molecule is Cc1cc(C(=O)N2CC(OC(=O)NC(C)C)C2)ccc1NS(O)(O)c1cccc2cccnc12. The Bertz CT molecular complexity index is 1220. The number of nitrogens with one attached hydrogen (secondary N) is 2. The summed E-state index contributed by atoms with van der Waals surface area (Å²) >= 11 is 0. The van der Waals surface area contributed by atoms with Gasteiger partial charge >= 0.3 is 6.09 Å². The third kappa shape index (κ3) is 5.09. The molecule has 180 valence electrons. The van der Waals surface area contributed by atoms with E-state index < -0.39 is 16.9 Å². The number of anilines is 1. The molecule has 0 bridgehead atoms. The summed E-state index contributed by atoms with van der Waals surface area (Å²) in [4.78, 5) is 30.7. The number of rotatable bonds is 6.